The van der Waals surface area contributed by atoms with Gasteiger partial charge in [0, 0.05) is 24.0 Å². The number of hydrogen-bond acceptors (Lipinski definition) is 5. The third-order valence-electron chi connectivity index (χ3n) is 1.95. The maximum absolute atomic E-state index is 5.37. The molecule has 0 saturated heterocycles. The first-order valence-corrected chi connectivity index (χ1v) is 6.27. The highest BCUT2D eigenvalue weighted by Crippen LogP contribution is 2.16. The quantitative estimate of drug-likeness (QED) is 0.561. The van der Waals surface area contributed by atoms with E-state index in [2.05, 4.69) is 35.1 Å². The van der Waals surface area contributed by atoms with Crippen LogP contribution in [0.15, 0.2) is 12.7 Å². The molecule has 0 aliphatic carbocycles. The van der Waals surface area contributed by atoms with Gasteiger partial charge in [-0.15, -0.1) is 6.58 Å². The molecule has 1 aromatic rings. The first kappa shape index (κ1) is 13.1. The highest BCUT2D eigenvalue weighted by atomic mass is 32.1. The highest BCUT2D eigenvalue weighted by molar-refractivity contribution is 7.09. The summed E-state index contributed by atoms with van der Waals surface area (Å²) in [5, 5.41) is 4.06. The van der Waals surface area contributed by atoms with Gasteiger partial charge in [0.05, 0.1) is 13.2 Å². The fourth-order valence-electron chi connectivity index (χ4n) is 1.04. The molecule has 4 nitrogen and oxygen atoms in total. The minimum atomic E-state index is 0.385. The maximum Gasteiger partial charge on any atom is 0.202 e. The Morgan fingerprint density at radius 1 is 1.50 bits per heavy atom. The number of anilines is 1. The summed E-state index contributed by atoms with van der Waals surface area (Å²) in [6.07, 6.45) is 2.75. The minimum absolute atomic E-state index is 0.385. The van der Waals surface area contributed by atoms with E-state index in [0.717, 1.165) is 30.5 Å². The van der Waals surface area contributed by atoms with E-state index in [0.29, 0.717) is 12.5 Å². The Bertz CT molecular complexity index is 312. The normalized spacial score (nSPS) is 10.7. The SMILES string of the molecule is C=CCCOCCNc1nc(C(C)C)ns1. The molecule has 5 heteroatoms. The molecule has 1 rings (SSSR count). The van der Waals surface area contributed by atoms with Crippen LogP contribution in [0.1, 0.15) is 32.0 Å². The van der Waals surface area contributed by atoms with Crippen LogP contribution < -0.4 is 5.32 Å². The van der Waals surface area contributed by atoms with Crippen LogP contribution in [0.2, 0.25) is 0 Å². The molecule has 0 bridgehead atoms. The zero-order valence-corrected chi connectivity index (χ0v) is 10.7. The van der Waals surface area contributed by atoms with Crippen molar-refractivity contribution in [1.29, 1.82) is 0 Å². The van der Waals surface area contributed by atoms with Crippen molar-refractivity contribution in [2.24, 2.45) is 0 Å². The standard InChI is InChI=1S/C11H19N3OS/c1-4-5-7-15-8-6-12-11-13-10(9(2)3)14-16-11/h4,9H,1,5-8H2,2-3H3,(H,12,13,14). The van der Waals surface area contributed by atoms with Gasteiger partial charge in [0.2, 0.25) is 5.13 Å². The fraction of sp³-hybridized carbons (Fsp3) is 0.636. The Morgan fingerprint density at radius 3 is 2.94 bits per heavy atom. The highest BCUT2D eigenvalue weighted by Gasteiger charge is 2.06. The molecule has 0 saturated carbocycles. The largest absolute Gasteiger partial charge is 0.379 e. The fourth-order valence-corrected chi connectivity index (χ4v) is 1.77. The number of nitrogens with zero attached hydrogens (tertiary/aromatic N) is 2. The Kier molecular flexibility index (Phi) is 6.03. The second-order valence-electron chi connectivity index (χ2n) is 3.73. The molecule has 0 aromatic carbocycles. The summed E-state index contributed by atoms with van der Waals surface area (Å²) in [7, 11) is 0. The smallest absolute Gasteiger partial charge is 0.202 e. The Labute approximate surface area is 101 Å². The molecule has 0 aliphatic heterocycles. The van der Waals surface area contributed by atoms with Crippen LogP contribution in [0.3, 0.4) is 0 Å². The summed E-state index contributed by atoms with van der Waals surface area (Å²) in [5.74, 6) is 1.29. The van der Waals surface area contributed by atoms with Gasteiger partial charge in [0.1, 0.15) is 5.82 Å². The van der Waals surface area contributed by atoms with Crippen molar-refractivity contribution < 1.29 is 4.74 Å². The minimum Gasteiger partial charge on any atom is -0.379 e. The predicted molar refractivity (Wildman–Crippen MR) is 68.1 cm³/mol. The molecule has 16 heavy (non-hydrogen) atoms. The first-order chi connectivity index (χ1) is 7.74. The van der Waals surface area contributed by atoms with Gasteiger partial charge in [-0.2, -0.15) is 4.37 Å². The second kappa shape index (κ2) is 7.35. The van der Waals surface area contributed by atoms with E-state index >= 15 is 0 Å². The van der Waals surface area contributed by atoms with Crippen molar-refractivity contribution >= 4 is 16.7 Å². The van der Waals surface area contributed by atoms with Crippen molar-refractivity contribution in [3.05, 3.63) is 18.5 Å². The van der Waals surface area contributed by atoms with Gasteiger partial charge in [-0.3, -0.25) is 0 Å². The molecule has 90 valence electrons. The van der Waals surface area contributed by atoms with Crippen LogP contribution in [-0.2, 0) is 4.74 Å². The van der Waals surface area contributed by atoms with Crippen LogP contribution >= 0.6 is 11.5 Å². The number of aromatic nitrogens is 2. The average Bonchev–Trinajstić information content (AvgIpc) is 2.72. The van der Waals surface area contributed by atoms with E-state index in [9.17, 15) is 0 Å². The number of nitrogens with one attached hydrogen (secondary N) is 1. The lowest BCUT2D eigenvalue weighted by Crippen LogP contribution is -2.09. The first-order valence-electron chi connectivity index (χ1n) is 5.50. The monoisotopic (exact) mass is 241 g/mol. The Balaban J connectivity index is 2.14. The molecule has 0 aliphatic rings. The van der Waals surface area contributed by atoms with Gasteiger partial charge in [-0.25, -0.2) is 4.98 Å². The van der Waals surface area contributed by atoms with Crippen molar-refractivity contribution in [3.63, 3.8) is 0 Å². The predicted octanol–water partition coefficient (Wildman–Crippen LogP) is 2.67. The topological polar surface area (TPSA) is 47.0 Å². The number of rotatable bonds is 8. The lowest BCUT2D eigenvalue weighted by atomic mass is 10.2. The number of ether oxygens (including phenoxy) is 1. The van der Waals surface area contributed by atoms with E-state index in [1.807, 2.05) is 6.08 Å². The zero-order valence-electron chi connectivity index (χ0n) is 9.90. The molecule has 0 radical (unpaired) electrons. The summed E-state index contributed by atoms with van der Waals surface area (Å²) in [4.78, 5) is 4.37. The lowest BCUT2D eigenvalue weighted by molar-refractivity contribution is 0.149. The molecule has 1 aromatic heterocycles. The zero-order chi connectivity index (χ0) is 11.8. The van der Waals surface area contributed by atoms with E-state index in [-0.39, 0.29) is 0 Å². The van der Waals surface area contributed by atoms with Gasteiger partial charge in [-0.05, 0) is 6.42 Å². The summed E-state index contributed by atoms with van der Waals surface area (Å²) in [5.41, 5.74) is 0. The van der Waals surface area contributed by atoms with E-state index < -0.39 is 0 Å². The van der Waals surface area contributed by atoms with Gasteiger partial charge < -0.3 is 10.1 Å². The third kappa shape index (κ3) is 4.72. The summed E-state index contributed by atoms with van der Waals surface area (Å²) < 4.78 is 9.63. The molecule has 0 atom stereocenters. The molecule has 0 fully saturated rings. The maximum atomic E-state index is 5.37. The Morgan fingerprint density at radius 2 is 2.31 bits per heavy atom. The van der Waals surface area contributed by atoms with Gasteiger partial charge in [0.15, 0.2) is 0 Å². The summed E-state index contributed by atoms with van der Waals surface area (Å²) in [6.45, 7) is 10.00. The van der Waals surface area contributed by atoms with E-state index in [1.54, 1.807) is 0 Å². The van der Waals surface area contributed by atoms with Crippen molar-refractivity contribution in [3.8, 4) is 0 Å². The van der Waals surface area contributed by atoms with Crippen LogP contribution in [0, 0.1) is 0 Å². The molecular weight excluding hydrogens is 222 g/mol. The average molecular weight is 241 g/mol. The number of hydrogen-bond donors (Lipinski definition) is 1. The van der Waals surface area contributed by atoms with Crippen LogP contribution in [-0.4, -0.2) is 29.1 Å². The molecule has 0 amide bonds. The van der Waals surface area contributed by atoms with Crippen molar-refractivity contribution in [1.82, 2.24) is 9.36 Å². The second-order valence-corrected chi connectivity index (χ2v) is 4.48. The summed E-state index contributed by atoms with van der Waals surface area (Å²) >= 11 is 1.40. The summed E-state index contributed by atoms with van der Waals surface area (Å²) in [6, 6.07) is 0. The molecule has 0 spiro atoms. The van der Waals surface area contributed by atoms with E-state index in [1.165, 1.54) is 11.5 Å². The van der Waals surface area contributed by atoms with Crippen molar-refractivity contribution in [2.75, 3.05) is 25.1 Å². The molecule has 1 N–H and O–H groups in total. The van der Waals surface area contributed by atoms with E-state index in [4.69, 9.17) is 4.74 Å². The van der Waals surface area contributed by atoms with Gasteiger partial charge in [-0.1, -0.05) is 19.9 Å². The molecule has 1 heterocycles. The molecular formula is C11H19N3OS. The van der Waals surface area contributed by atoms with Crippen molar-refractivity contribution in [2.45, 2.75) is 26.2 Å². The third-order valence-corrected chi connectivity index (χ3v) is 2.63. The van der Waals surface area contributed by atoms with Gasteiger partial charge >= 0.3 is 0 Å². The van der Waals surface area contributed by atoms with Crippen LogP contribution in [0.4, 0.5) is 5.13 Å². The Hall–Kier alpha value is -0.940. The van der Waals surface area contributed by atoms with Crippen LogP contribution in [0.25, 0.3) is 0 Å². The van der Waals surface area contributed by atoms with Crippen LogP contribution in [0.5, 0.6) is 0 Å². The van der Waals surface area contributed by atoms with Gasteiger partial charge in [0.25, 0.3) is 0 Å². The molecule has 0 unspecified atom stereocenters. The lowest BCUT2D eigenvalue weighted by Gasteiger charge is -2.02.